The van der Waals surface area contributed by atoms with Crippen LogP contribution in [0.3, 0.4) is 0 Å². The lowest BCUT2D eigenvalue weighted by atomic mass is 10.1. The van der Waals surface area contributed by atoms with Crippen LogP contribution in [0.4, 0.5) is 5.69 Å². The minimum atomic E-state index is -0.0847. The molecule has 0 bridgehead atoms. The lowest BCUT2D eigenvalue weighted by Crippen LogP contribution is -2.07. The van der Waals surface area contributed by atoms with Crippen molar-refractivity contribution in [1.82, 2.24) is 10.2 Å². The number of halogens is 1. The van der Waals surface area contributed by atoms with E-state index in [2.05, 4.69) is 15.5 Å². The summed E-state index contributed by atoms with van der Waals surface area (Å²) < 4.78 is 0. The van der Waals surface area contributed by atoms with E-state index < -0.39 is 0 Å². The van der Waals surface area contributed by atoms with Crippen LogP contribution in [0.2, 0.25) is 5.02 Å². The maximum absolute atomic E-state index is 11.4. The fourth-order valence-corrected chi connectivity index (χ4v) is 2.27. The van der Waals surface area contributed by atoms with Crippen LogP contribution in [0.5, 0.6) is 0 Å². The highest BCUT2D eigenvalue weighted by Crippen LogP contribution is 2.45. The quantitative estimate of drug-likeness (QED) is 0.900. The summed E-state index contributed by atoms with van der Waals surface area (Å²) in [5.74, 6) is 0.411. The van der Waals surface area contributed by atoms with Crippen molar-refractivity contribution < 1.29 is 4.79 Å². The third kappa shape index (κ3) is 2.49. The van der Waals surface area contributed by atoms with Crippen molar-refractivity contribution in [3.05, 3.63) is 35.0 Å². The molecule has 0 unspecified atom stereocenters. The lowest BCUT2D eigenvalue weighted by molar-refractivity contribution is -0.114. The molecule has 5 heteroatoms. The van der Waals surface area contributed by atoms with Crippen molar-refractivity contribution in [3.63, 3.8) is 0 Å². The van der Waals surface area contributed by atoms with Gasteiger partial charge in [-0.3, -0.25) is 9.89 Å². The van der Waals surface area contributed by atoms with E-state index in [1.807, 2.05) is 24.3 Å². The molecule has 1 amide bonds. The zero-order valence-electron chi connectivity index (χ0n) is 10.5. The molecule has 98 valence electrons. The molecule has 1 fully saturated rings. The third-order valence-corrected chi connectivity index (χ3v) is 3.45. The van der Waals surface area contributed by atoms with Gasteiger partial charge in [-0.1, -0.05) is 23.7 Å². The Morgan fingerprint density at radius 2 is 2.05 bits per heavy atom. The highest BCUT2D eigenvalue weighted by atomic mass is 35.5. The topological polar surface area (TPSA) is 57.8 Å². The molecule has 1 heterocycles. The predicted octanol–water partition coefficient (Wildman–Crippen LogP) is 3.57. The number of nitrogens with zero attached hydrogens (tertiary/aromatic N) is 1. The van der Waals surface area contributed by atoms with Gasteiger partial charge in [0.15, 0.2) is 0 Å². The molecule has 2 aromatic rings. The van der Waals surface area contributed by atoms with Crippen molar-refractivity contribution >= 4 is 23.2 Å². The predicted molar refractivity (Wildman–Crippen MR) is 75.3 cm³/mol. The summed E-state index contributed by atoms with van der Waals surface area (Å²) in [4.78, 5) is 11.4. The lowest BCUT2D eigenvalue weighted by Gasteiger charge is -2.06. The number of aromatic nitrogens is 2. The Labute approximate surface area is 116 Å². The number of rotatable bonds is 3. The minimum Gasteiger partial charge on any atom is -0.323 e. The van der Waals surface area contributed by atoms with E-state index in [1.165, 1.54) is 6.92 Å². The van der Waals surface area contributed by atoms with Crippen molar-refractivity contribution in [2.45, 2.75) is 25.7 Å². The number of aromatic amines is 1. The van der Waals surface area contributed by atoms with Gasteiger partial charge in [-0.2, -0.15) is 5.10 Å². The van der Waals surface area contributed by atoms with Crippen molar-refractivity contribution in [2.75, 3.05) is 5.32 Å². The van der Waals surface area contributed by atoms with Crippen LogP contribution in [-0.4, -0.2) is 16.1 Å². The molecule has 0 atom stereocenters. The summed E-state index contributed by atoms with van der Waals surface area (Å²) in [6.07, 6.45) is 2.30. The second kappa shape index (κ2) is 4.70. The Morgan fingerprint density at radius 1 is 1.37 bits per heavy atom. The summed E-state index contributed by atoms with van der Waals surface area (Å²) in [5.41, 5.74) is 3.54. The Hall–Kier alpha value is -1.81. The van der Waals surface area contributed by atoms with Crippen LogP contribution >= 0.6 is 11.6 Å². The van der Waals surface area contributed by atoms with Gasteiger partial charge < -0.3 is 5.32 Å². The number of carbonyl (C=O) groups is 1. The zero-order chi connectivity index (χ0) is 13.4. The first-order valence-electron chi connectivity index (χ1n) is 6.27. The first-order chi connectivity index (χ1) is 9.15. The average molecular weight is 276 g/mol. The molecule has 0 aliphatic heterocycles. The number of hydrogen-bond acceptors (Lipinski definition) is 2. The molecular weight excluding hydrogens is 262 g/mol. The van der Waals surface area contributed by atoms with E-state index in [0.717, 1.165) is 35.5 Å². The maximum atomic E-state index is 11.4. The van der Waals surface area contributed by atoms with Gasteiger partial charge >= 0.3 is 0 Å². The van der Waals surface area contributed by atoms with Gasteiger partial charge in [0, 0.05) is 23.4 Å². The van der Waals surface area contributed by atoms with Gasteiger partial charge in [-0.25, -0.2) is 0 Å². The number of hydrogen-bond donors (Lipinski definition) is 2. The van der Waals surface area contributed by atoms with E-state index in [-0.39, 0.29) is 5.91 Å². The fraction of sp³-hybridized carbons (Fsp3) is 0.286. The summed E-state index contributed by atoms with van der Waals surface area (Å²) in [6.45, 7) is 1.51. The van der Waals surface area contributed by atoms with E-state index in [1.54, 1.807) is 0 Å². The Balaban J connectivity index is 2.04. The largest absolute Gasteiger partial charge is 0.323 e. The van der Waals surface area contributed by atoms with Crippen LogP contribution in [0.1, 0.15) is 31.4 Å². The molecular formula is C14H14ClN3O. The Kier molecular flexibility index (Phi) is 3.03. The highest BCUT2D eigenvalue weighted by Gasteiger charge is 2.30. The molecule has 1 aliphatic carbocycles. The van der Waals surface area contributed by atoms with Crippen LogP contribution < -0.4 is 5.32 Å². The van der Waals surface area contributed by atoms with Crippen LogP contribution in [-0.2, 0) is 4.79 Å². The van der Waals surface area contributed by atoms with Gasteiger partial charge in [-0.05, 0) is 25.0 Å². The molecule has 3 rings (SSSR count). The van der Waals surface area contributed by atoms with E-state index in [4.69, 9.17) is 11.6 Å². The number of H-pyrrole nitrogens is 1. The van der Waals surface area contributed by atoms with Gasteiger partial charge in [0.05, 0.1) is 11.4 Å². The molecule has 0 spiro atoms. The minimum absolute atomic E-state index is 0.0847. The Bertz CT molecular complexity index is 614. The summed E-state index contributed by atoms with van der Waals surface area (Å²) in [5, 5.41) is 11.0. The molecule has 19 heavy (non-hydrogen) atoms. The van der Waals surface area contributed by atoms with Crippen LogP contribution in [0.25, 0.3) is 11.3 Å². The van der Waals surface area contributed by atoms with Crippen LogP contribution in [0.15, 0.2) is 24.3 Å². The number of anilines is 1. The fourth-order valence-electron chi connectivity index (χ4n) is 2.14. The molecule has 4 nitrogen and oxygen atoms in total. The first kappa shape index (κ1) is 12.2. The van der Waals surface area contributed by atoms with Crippen molar-refractivity contribution in [1.29, 1.82) is 0 Å². The number of benzene rings is 1. The van der Waals surface area contributed by atoms with E-state index in [0.29, 0.717) is 10.9 Å². The third-order valence-electron chi connectivity index (χ3n) is 3.20. The maximum Gasteiger partial charge on any atom is 0.221 e. The monoisotopic (exact) mass is 275 g/mol. The highest BCUT2D eigenvalue weighted by molar-refractivity contribution is 6.30. The van der Waals surface area contributed by atoms with Crippen molar-refractivity contribution in [2.24, 2.45) is 0 Å². The Morgan fingerprint density at radius 3 is 2.63 bits per heavy atom. The molecule has 2 N–H and O–H groups in total. The van der Waals surface area contributed by atoms with Gasteiger partial charge in [0.25, 0.3) is 0 Å². The van der Waals surface area contributed by atoms with Gasteiger partial charge in [0.1, 0.15) is 5.69 Å². The van der Waals surface area contributed by atoms with Crippen molar-refractivity contribution in [3.8, 4) is 11.3 Å². The van der Waals surface area contributed by atoms with Gasteiger partial charge in [0.2, 0.25) is 5.91 Å². The standard InChI is InChI=1S/C14H14ClN3O/c1-8(19)16-14-12(9-2-3-9)17-18-13(14)10-4-6-11(15)7-5-10/h4-7,9H,2-3H2,1H3,(H,16,19)(H,17,18). The smallest absolute Gasteiger partial charge is 0.221 e. The summed E-state index contributed by atoms with van der Waals surface area (Å²) >= 11 is 5.89. The molecule has 0 saturated heterocycles. The normalized spacial score (nSPS) is 14.4. The first-order valence-corrected chi connectivity index (χ1v) is 6.64. The second-order valence-electron chi connectivity index (χ2n) is 4.82. The average Bonchev–Trinajstić information content (AvgIpc) is 3.13. The number of nitrogens with one attached hydrogen (secondary N) is 2. The number of amides is 1. The van der Waals surface area contributed by atoms with E-state index >= 15 is 0 Å². The second-order valence-corrected chi connectivity index (χ2v) is 5.26. The summed E-state index contributed by atoms with van der Waals surface area (Å²) in [7, 11) is 0. The van der Waals surface area contributed by atoms with E-state index in [9.17, 15) is 4.79 Å². The molecule has 1 saturated carbocycles. The molecule has 0 radical (unpaired) electrons. The molecule has 1 aliphatic rings. The van der Waals surface area contributed by atoms with Gasteiger partial charge in [-0.15, -0.1) is 0 Å². The SMILES string of the molecule is CC(=O)Nc1c(-c2ccc(Cl)cc2)n[nH]c1C1CC1. The zero-order valence-corrected chi connectivity index (χ0v) is 11.3. The van der Waals surface area contributed by atoms with Crippen LogP contribution in [0, 0.1) is 0 Å². The number of carbonyl (C=O) groups excluding carboxylic acids is 1. The molecule has 1 aromatic carbocycles. The molecule has 1 aromatic heterocycles. The summed E-state index contributed by atoms with van der Waals surface area (Å²) in [6, 6.07) is 7.45.